The molecule has 2 N–H and O–H groups in total. The summed E-state index contributed by atoms with van der Waals surface area (Å²) in [5.41, 5.74) is 4.04. The lowest BCUT2D eigenvalue weighted by Crippen LogP contribution is -2.52. The maximum atomic E-state index is 11.4. The molecule has 160 valence electrons. The van der Waals surface area contributed by atoms with Crippen LogP contribution in [0.25, 0.3) is 11.0 Å². The van der Waals surface area contributed by atoms with Gasteiger partial charge < -0.3 is 14.8 Å². The molecule has 3 fully saturated rings. The van der Waals surface area contributed by atoms with E-state index in [1.54, 1.807) is 0 Å². The Morgan fingerprint density at radius 2 is 1.93 bits per heavy atom. The van der Waals surface area contributed by atoms with E-state index in [1.165, 1.54) is 23.9 Å². The number of aromatic nitrogens is 2. The van der Waals surface area contributed by atoms with Gasteiger partial charge in [0.2, 0.25) is 0 Å². The normalized spacial score (nSPS) is 45.5. The zero-order valence-electron chi connectivity index (χ0n) is 18.2. The number of allylic oxidation sites excluding steroid dienone is 1. The highest BCUT2D eigenvalue weighted by molar-refractivity contribution is 5.75. The second-order valence-corrected chi connectivity index (χ2v) is 11.1. The standard InChI is InChI=1S/C26H34N2O2/c1-25-11-9-17(29)13-16(25)7-8-18-19(25)10-12-26(2)23(14-22(30)24(18)26)28-15-27-20-5-3-4-6-21(20)28/h3-7,15,17-19,22-24,29-30H,8-14H2,1-2H3/t17-,18?,19?,22?,23?,24?,25-,26+/m0/s1. The van der Waals surface area contributed by atoms with Gasteiger partial charge in [0.05, 0.1) is 29.6 Å². The SMILES string of the molecule is C[C@]12CCC3C(CC=C4C[C@@H](O)CC[C@@]43C)C1C(O)CC2n1cnc2ccccc21. The van der Waals surface area contributed by atoms with E-state index in [0.29, 0.717) is 23.8 Å². The fraction of sp³-hybridized carbons (Fsp3) is 0.654. The van der Waals surface area contributed by atoms with Crippen molar-refractivity contribution < 1.29 is 10.2 Å². The van der Waals surface area contributed by atoms with Crippen LogP contribution in [0.2, 0.25) is 0 Å². The molecule has 2 aromatic rings. The van der Waals surface area contributed by atoms with E-state index in [9.17, 15) is 10.2 Å². The monoisotopic (exact) mass is 406 g/mol. The summed E-state index contributed by atoms with van der Waals surface area (Å²) in [5, 5.41) is 21.6. The van der Waals surface area contributed by atoms with Crippen LogP contribution in [0, 0.1) is 28.6 Å². The van der Waals surface area contributed by atoms with E-state index in [-0.39, 0.29) is 23.0 Å². The van der Waals surface area contributed by atoms with Crippen molar-refractivity contribution in [3.8, 4) is 0 Å². The Morgan fingerprint density at radius 1 is 1.10 bits per heavy atom. The number of hydrogen-bond donors (Lipinski definition) is 2. The lowest BCUT2D eigenvalue weighted by molar-refractivity contribution is -0.0753. The van der Waals surface area contributed by atoms with Gasteiger partial charge in [-0.1, -0.05) is 37.6 Å². The minimum absolute atomic E-state index is 0.0972. The lowest BCUT2D eigenvalue weighted by Gasteiger charge is -2.58. The summed E-state index contributed by atoms with van der Waals surface area (Å²) in [6.07, 6.45) is 11.2. The third-order valence-corrected chi connectivity index (χ3v) is 9.83. The van der Waals surface area contributed by atoms with Crippen LogP contribution in [-0.4, -0.2) is 32.0 Å². The Balaban J connectivity index is 1.39. The first-order valence-electron chi connectivity index (χ1n) is 11.9. The van der Waals surface area contributed by atoms with Gasteiger partial charge in [-0.2, -0.15) is 0 Å². The molecule has 0 bridgehead atoms. The zero-order chi connectivity index (χ0) is 20.7. The smallest absolute Gasteiger partial charge is 0.0961 e. The molecule has 1 heterocycles. The van der Waals surface area contributed by atoms with Gasteiger partial charge in [-0.3, -0.25) is 0 Å². The predicted octanol–water partition coefficient (Wildman–Crippen LogP) is 4.87. The second kappa shape index (κ2) is 6.43. The van der Waals surface area contributed by atoms with Crippen LogP contribution in [0.4, 0.5) is 0 Å². The van der Waals surface area contributed by atoms with Crippen molar-refractivity contribution >= 4 is 11.0 Å². The molecule has 8 atom stereocenters. The maximum absolute atomic E-state index is 11.4. The Kier molecular flexibility index (Phi) is 4.09. The van der Waals surface area contributed by atoms with Crippen molar-refractivity contribution in [2.45, 2.75) is 77.0 Å². The van der Waals surface area contributed by atoms with E-state index in [0.717, 1.165) is 37.6 Å². The quantitative estimate of drug-likeness (QED) is 0.664. The first-order chi connectivity index (χ1) is 14.4. The number of rotatable bonds is 1. The van der Waals surface area contributed by atoms with Gasteiger partial charge in [-0.15, -0.1) is 0 Å². The maximum Gasteiger partial charge on any atom is 0.0961 e. The lowest BCUT2D eigenvalue weighted by atomic mass is 9.47. The molecule has 4 nitrogen and oxygen atoms in total. The van der Waals surface area contributed by atoms with E-state index in [4.69, 9.17) is 0 Å². The van der Waals surface area contributed by atoms with E-state index in [1.807, 2.05) is 12.4 Å². The molecule has 1 aromatic heterocycles. The zero-order valence-corrected chi connectivity index (χ0v) is 18.2. The Hall–Kier alpha value is -1.65. The average Bonchev–Trinajstić information content (AvgIpc) is 3.26. The fourth-order valence-electron chi connectivity index (χ4n) is 8.34. The summed E-state index contributed by atoms with van der Waals surface area (Å²) in [6, 6.07) is 8.69. The first-order valence-corrected chi connectivity index (χ1v) is 11.9. The van der Waals surface area contributed by atoms with E-state index in [2.05, 4.69) is 47.7 Å². The molecule has 0 aliphatic heterocycles. The van der Waals surface area contributed by atoms with Crippen LogP contribution in [0.5, 0.6) is 0 Å². The third-order valence-electron chi connectivity index (χ3n) is 9.83. The van der Waals surface area contributed by atoms with Crippen molar-refractivity contribution in [2.24, 2.45) is 28.6 Å². The summed E-state index contributed by atoms with van der Waals surface area (Å²) >= 11 is 0. The number of aliphatic hydroxyl groups excluding tert-OH is 2. The number of aliphatic hydroxyl groups is 2. The van der Waals surface area contributed by atoms with Crippen molar-refractivity contribution in [3.63, 3.8) is 0 Å². The van der Waals surface area contributed by atoms with Crippen LogP contribution in [0.1, 0.15) is 64.8 Å². The highest BCUT2D eigenvalue weighted by Gasteiger charge is 2.62. The Labute approximate surface area is 179 Å². The van der Waals surface area contributed by atoms with Gasteiger partial charge in [0.15, 0.2) is 0 Å². The van der Waals surface area contributed by atoms with Crippen LogP contribution >= 0.6 is 0 Å². The number of fused-ring (bicyclic) bond motifs is 6. The number of hydrogen-bond acceptors (Lipinski definition) is 3. The van der Waals surface area contributed by atoms with E-state index < -0.39 is 0 Å². The minimum atomic E-state index is -0.248. The molecule has 4 aliphatic carbocycles. The van der Waals surface area contributed by atoms with Gasteiger partial charge >= 0.3 is 0 Å². The van der Waals surface area contributed by atoms with Crippen molar-refractivity contribution in [2.75, 3.05) is 0 Å². The van der Waals surface area contributed by atoms with Gasteiger partial charge in [-0.25, -0.2) is 4.98 Å². The number of imidazole rings is 1. The Morgan fingerprint density at radius 3 is 2.80 bits per heavy atom. The average molecular weight is 407 g/mol. The summed E-state index contributed by atoms with van der Waals surface area (Å²) in [6.45, 7) is 4.89. The van der Waals surface area contributed by atoms with Crippen LogP contribution in [0.3, 0.4) is 0 Å². The number of benzene rings is 1. The molecule has 4 heteroatoms. The van der Waals surface area contributed by atoms with Crippen molar-refractivity contribution in [1.29, 1.82) is 0 Å². The van der Waals surface area contributed by atoms with Crippen molar-refractivity contribution in [3.05, 3.63) is 42.2 Å². The highest BCUT2D eigenvalue weighted by Crippen LogP contribution is 2.67. The molecule has 0 radical (unpaired) electrons. The summed E-state index contributed by atoms with van der Waals surface area (Å²) < 4.78 is 2.36. The van der Waals surface area contributed by atoms with Gasteiger partial charge in [0.1, 0.15) is 0 Å². The fourth-order valence-corrected chi connectivity index (χ4v) is 8.34. The summed E-state index contributed by atoms with van der Waals surface area (Å²) in [7, 11) is 0. The minimum Gasteiger partial charge on any atom is -0.393 e. The van der Waals surface area contributed by atoms with Gasteiger partial charge in [0, 0.05) is 6.04 Å². The topological polar surface area (TPSA) is 58.3 Å². The van der Waals surface area contributed by atoms with Crippen LogP contribution < -0.4 is 0 Å². The van der Waals surface area contributed by atoms with Gasteiger partial charge in [0.25, 0.3) is 0 Å². The van der Waals surface area contributed by atoms with E-state index >= 15 is 0 Å². The molecule has 0 saturated heterocycles. The summed E-state index contributed by atoms with van der Waals surface area (Å²) in [4.78, 5) is 4.66. The number of para-hydroxylation sites is 2. The third kappa shape index (κ3) is 2.44. The summed E-state index contributed by atoms with van der Waals surface area (Å²) in [5.74, 6) is 1.52. The van der Waals surface area contributed by atoms with Gasteiger partial charge in [-0.05, 0) is 85.7 Å². The molecule has 3 saturated carbocycles. The molecule has 6 rings (SSSR count). The Bertz CT molecular complexity index is 1010. The number of nitrogens with zero attached hydrogens (tertiary/aromatic N) is 2. The van der Waals surface area contributed by atoms with Crippen molar-refractivity contribution in [1.82, 2.24) is 9.55 Å². The molecular weight excluding hydrogens is 372 g/mol. The predicted molar refractivity (Wildman–Crippen MR) is 118 cm³/mol. The molecule has 1 aromatic carbocycles. The molecule has 0 amide bonds. The van der Waals surface area contributed by atoms with Crippen LogP contribution in [0.15, 0.2) is 42.2 Å². The highest BCUT2D eigenvalue weighted by atomic mass is 16.3. The largest absolute Gasteiger partial charge is 0.393 e. The van der Waals surface area contributed by atoms with Crippen LogP contribution in [-0.2, 0) is 0 Å². The second-order valence-electron chi connectivity index (χ2n) is 11.1. The molecule has 5 unspecified atom stereocenters. The molecule has 30 heavy (non-hydrogen) atoms. The molecular formula is C26H34N2O2. The molecule has 0 spiro atoms. The first kappa shape index (κ1) is 19.1. The molecule has 4 aliphatic rings.